The molecule has 1 heterocycles. The van der Waals surface area contributed by atoms with Gasteiger partial charge in [-0.2, -0.15) is 13.2 Å². The minimum absolute atomic E-state index is 0.0201. The van der Waals surface area contributed by atoms with Crippen LogP contribution in [0.2, 0.25) is 0 Å². The zero-order chi connectivity index (χ0) is 23.6. The first-order valence-corrected chi connectivity index (χ1v) is 12.0. The van der Waals surface area contributed by atoms with Crippen molar-refractivity contribution in [1.29, 1.82) is 0 Å². The maximum absolute atomic E-state index is 13.4. The highest BCUT2D eigenvalue weighted by atomic mass is 19.4. The van der Waals surface area contributed by atoms with Gasteiger partial charge in [-0.3, -0.25) is 9.59 Å². The standard InChI is InChI=1S/C26H31F3N2O2/c1-24-13-11-17-15(7-10-21-25(17,2)14-12-22(32)31-21)16(24)8-9-19(24)23(33)30-20-6-4-3-5-18(20)26(27,28)29/h3-6,12,14-17,19,21H,7-11,13H2,1-2H3,(H,30,33)(H,31,32)/t15?,16?,17?,19?,21?,24-,25+/m0/s1. The lowest BCUT2D eigenvalue weighted by molar-refractivity contribution is -0.137. The van der Waals surface area contributed by atoms with Crippen molar-refractivity contribution in [1.82, 2.24) is 5.32 Å². The van der Waals surface area contributed by atoms with E-state index in [4.69, 9.17) is 0 Å². The van der Waals surface area contributed by atoms with Crippen molar-refractivity contribution in [3.05, 3.63) is 42.0 Å². The van der Waals surface area contributed by atoms with E-state index in [1.165, 1.54) is 18.2 Å². The topological polar surface area (TPSA) is 58.2 Å². The van der Waals surface area contributed by atoms with Crippen molar-refractivity contribution in [3.8, 4) is 0 Å². The smallest absolute Gasteiger partial charge is 0.349 e. The van der Waals surface area contributed by atoms with Crippen molar-refractivity contribution in [2.75, 3.05) is 5.32 Å². The van der Waals surface area contributed by atoms with E-state index in [0.717, 1.165) is 38.2 Å². The average molecular weight is 461 g/mol. The fourth-order valence-electron chi connectivity index (χ4n) is 7.82. The summed E-state index contributed by atoms with van der Waals surface area (Å²) in [5, 5.41) is 5.78. The van der Waals surface area contributed by atoms with Gasteiger partial charge in [0.15, 0.2) is 0 Å². The summed E-state index contributed by atoms with van der Waals surface area (Å²) in [6.07, 6.45) is 4.67. The number of benzene rings is 1. The monoisotopic (exact) mass is 460 g/mol. The lowest BCUT2D eigenvalue weighted by Crippen LogP contribution is -2.59. The van der Waals surface area contributed by atoms with Gasteiger partial charge in [0.05, 0.1) is 11.3 Å². The molecule has 1 aromatic carbocycles. The number of hydrogen-bond donors (Lipinski definition) is 2. The Morgan fingerprint density at radius 2 is 1.82 bits per heavy atom. The molecule has 7 heteroatoms. The fourth-order valence-corrected chi connectivity index (χ4v) is 7.82. The number of para-hydroxylation sites is 1. The number of nitrogens with one attached hydrogen (secondary N) is 2. The molecular weight excluding hydrogens is 429 g/mol. The number of rotatable bonds is 2. The third-order valence-electron chi connectivity index (χ3n) is 9.49. The molecule has 0 bridgehead atoms. The summed E-state index contributed by atoms with van der Waals surface area (Å²) in [6, 6.07) is 5.35. The Kier molecular flexibility index (Phi) is 5.18. The maximum Gasteiger partial charge on any atom is 0.418 e. The van der Waals surface area contributed by atoms with E-state index < -0.39 is 11.7 Å². The van der Waals surface area contributed by atoms with E-state index in [9.17, 15) is 22.8 Å². The number of alkyl halides is 3. The Morgan fingerprint density at radius 3 is 2.58 bits per heavy atom. The van der Waals surface area contributed by atoms with Crippen molar-refractivity contribution in [2.45, 2.75) is 64.6 Å². The van der Waals surface area contributed by atoms with Crippen LogP contribution in [0.15, 0.2) is 36.4 Å². The normalized spacial score (nSPS) is 39.8. The maximum atomic E-state index is 13.4. The first-order chi connectivity index (χ1) is 15.5. The van der Waals surface area contributed by atoms with Gasteiger partial charge < -0.3 is 10.6 Å². The second kappa shape index (κ2) is 7.60. The van der Waals surface area contributed by atoms with Gasteiger partial charge in [-0.05, 0) is 79.9 Å². The van der Waals surface area contributed by atoms with Crippen LogP contribution in [0.25, 0.3) is 0 Å². The quantitative estimate of drug-likeness (QED) is 0.607. The molecule has 33 heavy (non-hydrogen) atoms. The predicted molar refractivity (Wildman–Crippen MR) is 119 cm³/mol. The van der Waals surface area contributed by atoms with Crippen LogP contribution in [0.3, 0.4) is 0 Å². The summed E-state index contributed by atoms with van der Waals surface area (Å²) in [5.74, 6) is 0.669. The van der Waals surface area contributed by atoms with Crippen LogP contribution < -0.4 is 10.6 Å². The molecule has 2 N–H and O–H groups in total. The van der Waals surface area contributed by atoms with Crippen molar-refractivity contribution < 1.29 is 22.8 Å². The Morgan fingerprint density at radius 1 is 1.06 bits per heavy atom. The van der Waals surface area contributed by atoms with Gasteiger partial charge in [0, 0.05) is 17.4 Å². The average Bonchev–Trinajstić information content (AvgIpc) is 3.11. The minimum Gasteiger partial charge on any atom is -0.349 e. The molecule has 1 aliphatic heterocycles. The van der Waals surface area contributed by atoms with Gasteiger partial charge in [0.2, 0.25) is 11.8 Å². The molecule has 0 spiro atoms. The van der Waals surface area contributed by atoms with E-state index >= 15 is 0 Å². The van der Waals surface area contributed by atoms with Crippen LogP contribution in [0, 0.1) is 34.5 Å². The van der Waals surface area contributed by atoms with Gasteiger partial charge in [0.1, 0.15) is 0 Å². The van der Waals surface area contributed by atoms with Crippen LogP contribution in [0.4, 0.5) is 18.9 Å². The number of hydrogen-bond acceptors (Lipinski definition) is 2. The second-order valence-electron chi connectivity index (χ2n) is 10.9. The molecule has 0 aromatic heterocycles. The lowest BCUT2D eigenvalue weighted by atomic mass is 9.48. The highest BCUT2D eigenvalue weighted by Gasteiger charge is 2.61. The van der Waals surface area contributed by atoms with E-state index in [-0.39, 0.29) is 40.3 Å². The Balaban J connectivity index is 1.37. The van der Waals surface area contributed by atoms with Crippen LogP contribution >= 0.6 is 0 Å². The molecule has 5 rings (SSSR count). The summed E-state index contributed by atoms with van der Waals surface area (Å²) < 4.78 is 40.3. The highest BCUT2D eigenvalue weighted by molar-refractivity contribution is 5.94. The van der Waals surface area contributed by atoms with Crippen molar-refractivity contribution >= 4 is 17.5 Å². The molecule has 7 atom stereocenters. The van der Waals surface area contributed by atoms with E-state index in [1.54, 1.807) is 6.08 Å². The van der Waals surface area contributed by atoms with Gasteiger partial charge in [-0.1, -0.05) is 32.1 Å². The van der Waals surface area contributed by atoms with Crippen LogP contribution in [0.1, 0.15) is 57.9 Å². The van der Waals surface area contributed by atoms with E-state index in [2.05, 4.69) is 30.6 Å². The van der Waals surface area contributed by atoms with Crippen molar-refractivity contribution in [2.24, 2.45) is 34.5 Å². The van der Waals surface area contributed by atoms with Gasteiger partial charge in [0.25, 0.3) is 0 Å². The largest absolute Gasteiger partial charge is 0.418 e. The second-order valence-corrected chi connectivity index (χ2v) is 10.9. The van der Waals surface area contributed by atoms with Crippen LogP contribution in [-0.4, -0.2) is 17.9 Å². The highest BCUT2D eigenvalue weighted by Crippen LogP contribution is 2.65. The Bertz CT molecular complexity index is 1010. The molecule has 0 radical (unpaired) electrons. The predicted octanol–water partition coefficient (Wildman–Crippen LogP) is 5.56. The number of carbonyl (C=O) groups is 2. The zero-order valence-corrected chi connectivity index (χ0v) is 19.0. The molecule has 178 valence electrons. The Hall–Kier alpha value is -2.31. The third kappa shape index (κ3) is 3.50. The fraction of sp³-hybridized carbons (Fsp3) is 0.615. The van der Waals surface area contributed by atoms with Gasteiger partial charge in [-0.15, -0.1) is 0 Å². The summed E-state index contributed by atoms with van der Waals surface area (Å²) >= 11 is 0. The van der Waals surface area contributed by atoms with Crippen LogP contribution in [-0.2, 0) is 15.8 Å². The minimum atomic E-state index is -4.51. The van der Waals surface area contributed by atoms with Gasteiger partial charge >= 0.3 is 6.18 Å². The molecule has 4 aliphatic rings. The summed E-state index contributed by atoms with van der Waals surface area (Å²) in [5.41, 5.74) is -1.26. The summed E-state index contributed by atoms with van der Waals surface area (Å²) in [6.45, 7) is 4.42. The number of carbonyl (C=O) groups excluding carboxylic acids is 2. The van der Waals surface area contributed by atoms with E-state index in [1.807, 2.05) is 0 Å². The number of anilines is 1. The number of fused-ring (bicyclic) bond motifs is 5. The molecule has 4 nitrogen and oxygen atoms in total. The molecule has 3 aliphatic carbocycles. The molecule has 2 amide bonds. The summed E-state index contributed by atoms with van der Waals surface area (Å²) in [4.78, 5) is 25.2. The first kappa shape index (κ1) is 22.5. The molecule has 1 aromatic rings. The third-order valence-corrected chi connectivity index (χ3v) is 9.49. The molecule has 3 saturated carbocycles. The SMILES string of the molecule is C[C@]12C=CC(=O)NC1CCC1C2CC[C@]2(C)C(C(=O)Nc3ccccc3C(F)(F)F)CCC12. The lowest BCUT2D eigenvalue weighted by Gasteiger charge is -2.58. The van der Waals surface area contributed by atoms with Crippen LogP contribution in [0.5, 0.6) is 0 Å². The first-order valence-electron chi connectivity index (χ1n) is 12.0. The van der Waals surface area contributed by atoms with Crippen molar-refractivity contribution in [3.63, 3.8) is 0 Å². The zero-order valence-electron chi connectivity index (χ0n) is 19.0. The Labute approximate surface area is 192 Å². The molecule has 3 fully saturated rings. The number of amides is 2. The molecular formula is C26H31F3N2O2. The molecule has 0 saturated heterocycles. The number of halogens is 3. The summed E-state index contributed by atoms with van der Waals surface area (Å²) in [7, 11) is 0. The molecule has 5 unspecified atom stereocenters. The van der Waals surface area contributed by atoms with E-state index in [0.29, 0.717) is 24.2 Å². The van der Waals surface area contributed by atoms with Gasteiger partial charge in [-0.25, -0.2) is 0 Å².